The number of aromatic nitrogens is 1. The Morgan fingerprint density at radius 1 is 0.446 bits per heavy atom. The maximum absolute atomic E-state index is 2.70. The first-order chi connectivity index (χ1) is 32.1. The van der Waals surface area contributed by atoms with Crippen LogP contribution in [0.2, 0.25) is 0 Å². The first-order valence-electron chi connectivity index (χ1n) is 25.5. The van der Waals surface area contributed by atoms with E-state index in [-0.39, 0.29) is 10.8 Å². The number of hydrogen-bond acceptors (Lipinski definition) is 1. The Bertz CT molecular complexity index is 3210. The lowest BCUT2D eigenvalue weighted by Crippen LogP contribution is -2.55. The highest BCUT2D eigenvalue weighted by molar-refractivity contribution is 6.10. The van der Waals surface area contributed by atoms with Gasteiger partial charge in [-0.2, -0.15) is 0 Å². The number of hydrogen-bond donors (Lipinski definition) is 0. The number of para-hydroxylation sites is 2. The molecule has 320 valence electrons. The van der Waals surface area contributed by atoms with Crippen molar-refractivity contribution < 1.29 is 0 Å². The molecule has 0 aliphatic heterocycles. The van der Waals surface area contributed by atoms with E-state index in [2.05, 4.69) is 174 Å². The fourth-order valence-corrected chi connectivity index (χ4v) is 17.4. The molecule has 0 amide bonds. The molecule has 65 heavy (non-hydrogen) atoms. The largest absolute Gasteiger partial charge is 0.310 e. The minimum absolute atomic E-state index is 0.0989. The molecule has 6 bridgehead atoms. The van der Waals surface area contributed by atoms with Crippen LogP contribution in [0.15, 0.2) is 158 Å². The number of rotatable bonds is 5. The van der Waals surface area contributed by atoms with Crippen LogP contribution in [-0.4, -0.2) is 4.57 Å². The SMILES string of the molecule is CCC1CC2CCCC(C2)C12c1ccccc1-c1cc(N(c3ccc4c(c3)C3(c5ccccc5-4)C4CC5CC(C4)CC3C5)c3ccc4c5ccccc5n(-c5ccccc5)c4c3)ccc12. The summed E-state index contributed by atoms with van der Waals surface area (Å²) >= 11 is 0. The molecule has 8 aliphatic carbocycles. The van der Waals surface area contributed by atoms with E-state index in [0.29, 0.717) is 11.8 Å². The van der Waals surface area contributed by atoms with E-state index >= 15 is 0 Å². The summed E-state index contributed by atoms with van der Waals surface area (Å²) in [5.41, 5.74) is 20.0. The first kappa shape index (κ1) is 37.4. The summed E-state index contributed by atoms with van der Waals surface area (Å²) in [7, 11) is 0. The Morgan fingerprint density at radius 2 is 1.05 bits per heavy atom. The molecule has 6 fully saturated rings. The van der Waals surface area contributed by atoms with Crippen LogP contribution in [-0.2, 0) is 10.8 Å². The summed E-state index contributed by atoms with van der Waals surface area (Å²) in [5, 5.41) is 2.59. The average molecular weight is 843 g/mol. The van der Waals surface area contributed by atoms with Gasteiger partial charge in [-0.1, -0.05) is 129 Å². The second kappa shape index (κ2) is 13.6. The topological polar surface area (TPSA) is 8.17 Å². The van der Waals surface area contributed by atoms with E-state index in [4.69, 9.17) is 0 Å². The van der Waals surface area contributed by atoms with Crippen molar-refractivity contribution in [1.82, 2.24) is 4.57 Å². The average Bonchev–Trinajstić information content (AvgIpc) is 3.94. The highest BCUT2D eigenvalue weighted by Crippen LogP contribution is 2.70. The molecule has 8 aliphatic rings. The minimum Gasteiger partial charge on any atom is -0.310 e. The third-order valence-electron chi connectivity index (χ3n) is 19.3. The Labute approximate surface area is 384 Å². The molecule has 1 aromatic heterocycles. The van der Waals surface area contributed by atoms with Crippen molar-refractivity contribution in [2.75, 3.05) is 4.90 Å². The van der Waals surface area contributed by atoms with Crippen LogP contribution in [0.25, 0.3) is 49.7 Å². The van der Waals surface area contributed by atoms with Gasteiger partial charge in [0.25, 0.3) is 0 Å². The standard InChI is InChI=1S/C63H58N2/c1-2-42-30-39-13-12-14-43(31-39)62(42)57-21-10-7-18-51(57)55-36-47(25-28-58(55)62)64(49-24-27-54-53-19-8-11-22-60(53)65(61(54)38-49)46-15-4-3-5-16-46)48-23-26-52-50-17-6-9-20-56(50)63(59(52)37-48)44-32-40-29-41(34-44)35-45(63)33-40/h3-11,15-28,36-45H,2,12-14,29-35H2,1H3. The maximum atomic E-state index is 2.70. The second-order valence-corrected chi connectivity index (χ2v) is 21.9. The van der Waals surface area contributed by atoms with Crippen LogP contribution in [0.4, 0.5) is 17.1 Å². The fourth-order valence-electron chi connectivity index (χ4n) is 17.4. The van der Waals surface area contributed by atoms with Crippen molar-refractivity contribution in [3.63, 3.8) is 0 Å². The summed E-state index contributed by atoms with van der Waals surface area (Å²) < 4.78 is 2.49. The van der Waals surface area contributed by atoms with Crippen LogP contribution in [0.5, 0.6) is 0 Å². The Morgan fingerprint density at radius 3 is 1.85 bits per heavy atom. The molecule has 2 heteroatoms. The molecule has 0 saturated heterocycles. The first-order valence-corrected chi connectivity index (χ1v) is 25.5. The maximum Gasteiger partial charge on any atom is 0.0561 e. The molecule has 0 N–H and O–H groups in total. The molecule has 7 aromatic carbocycles. The van der Waals surface area contributed by atoms with Gasteiger partial charge in [0.1, 0.15) is 0 Å². The van der Waals surface area contributed by atoms with Crippen LogP contribution in [0.3, 0.4) is 0 Å². The van der Waals surface area contributed by atoms with E-state index < -0.39 is 0 Å². The van der Waals surface area contributed by atoms with Crippen LogP contribution in [0.1, 0.15) is 99.8 Å². The fraction of sp³-hybridized carbons (Fsp3) is 0.333. The van der Waals surface area contributed by atoms with Crippen molar-refractivity contribution >= 4 is 38.9 Å². The van der Waals surface area contributed by atoms with Crippen molar-refractivity contribution in [3.05, 3.63) is 180 Å². The van der Waals surface area contributed by atoms with Gasteiger partial charge in [-0.25, -0.2) is 0 Å². The monoisotopic (exact) mass is 842 g/mol. The Balaban J connectivity index is 0.976. The second-order valence-electron chi connectivity index (χ2n) is 21.9. The highest BCUT2D eigenvalue weighted by atomic mass is 15.1. The van der Waals surface area contributed by atoms with Gasteiger partial charge in [-0.05, 0) is 192 Å². The molecule has 4 atom stereocenters. The number of anilines is 3. The van der Waals surface area contributed by atoms with E-state index in [1.807, 2.05) is 0 Å². The van der Waals surface area contributed by atoms with Gasteiger partial charge < -0.3 is 9.47 Å². The molecular weight excluding hydrogens is 785 g/mol. The molecule has 8 aromatic rings. The molecule has 1 heterocycles. The van der Waals surface area contributed by atoms with E-state index in [1.54, 1.807) is 22.3 Å². The van der Waals surface area contributed by atoms with E-state index in [1.165, 1.54) is 137 Å². The van der Waals surface area contributed by atoms with Crippen molar-refractivity contribution in [1.29, 1.82) is 0 Å². The van der Waals surface area contributed by atoms with Gasteiger partial charge >= 0.3 is 0 Å². The lowest BCUT2D eigenvalue weighted by Gasteiger charge is -2.61. The van der Waals surface area contributed by atoms with Gasteiger partial charge in [0, 0.05) is 44.4 Å². The Kier molecular flexibility index (Phi) is 7.82. The molecule has 6 saturated carbocycles. The van der Waals surface area contributed by atoms with Gasteiger partial charge in [0.2, 0.25) is 0 Å². The van der Waals surface area contributed by atoms with Crippen molar-refractivity contribution in [3.8, 4) is 27.9 Å². The van der Waals surface area contributed by atoms with Crippen LogP contribution in [0, 0.1) is 41.4 Å². The third-order valence-corrected chi connectivity index (χ3v) is 19.3. The van der Waals surface area contributed by atoms with E-state index in [9.17, 15) is 0 Å². The molecule has 0 radical (unpaired) electrons. The third kappa shape index (κ3) is 4.86. The molecular formula is C63H58N2. The summed E-state index contributed by atoms with van der Waals surface area (Å²) in [6.07, 6.45) is 15.2. The summed E-state index contributed by atoms with van der Waals surface area (Å²) in [6.45, 7) is 2.48. The van der Waals surface area contributed by atoms with Crippen LogP contribution >= 0.6 is 0 Å². The van der Waals surface area contributed by atoms with Crippen molar-refractivity contribution in [2.24, 2.45) is 41.4 Å². The molecule has 2 spiro atoms. The normalized spacial score (nSPS) is 29.6. The lowest BCUT2D eigenvalue weighted by atomic mass is 9.43. The van der Waals surface area contributed by atoms with Crippen LogP contribution < -0.4 is 4.90 Å². The van der Waals surface area contributed by atoms with Gasteiger partial charge in [-0.3, -0.25) is 0 Å². The number of benzene rings is 7. The predicted molar refractivity (Wildman–Crippen MR) is 269 cm³/mol. The summed E-state index contributed by atoms with van der Waals surface area (Å²) in [5.74, 6) is 5.54. The molecule has 4 unspecified atom stereocenters. The Hall–Kier alpha value is -5.86. The zero-order chi connectivity index (χ0) is 42.6. The van der Waals surface area contributed by atoms with Gasteiger partial charge in [-0.15, -0.1) is 0 Å². The lowest BCUT2D eigenvalue weighted by molar-refractivity contribution is -0.0399. The molecule has 16 rings (SSSR count). The number of fused-ring (bicyclic) bond motifs is 14. The molecule has 2 nitrogen and oxygen atoms in total. The highest BCUT2D eigenvalue weighted by Gasteiger charge is 2.62. The predicted octanol–water partition coefficient (Wildman–Crippen LogP) is 16.5. The summed E-state index contributed by atoms with van der Waals surface area (Å²) in [6, 6.07) is 62.0. The smallest absolute Gasteiger partial charge is 0.0561 e. The zero-order valence-corrected chi connectivity index (χ0v) is 37.7. The zero-order valence-electron chi connectivity index (χ0n) is 37.7. The van der Waals surface area contributed by atoms with Gasteiger partial charge in [0.15, 0.2) is 0 Å². The quantitative estimate of drug-likeness (QED) is 0.168. The minimum atomic E-state index is 0.0989. The van der Waals surface area contributed by atoms with E-state index in [0.717, 1.165) is 29.6 Å². The van der Waals surface area contributed by atoms with Gasteiger partial charge in [0.05, 0.1) is 11.0 Å². The van der Waals surface area contributed by atoms with Crippen molar-refractivity contribution in [2.45, 2.75) is 88.4 Å². The summed E-state index contributed by atoms with van der Waals surface area (Å²) in [4.78, 5) is 2.65. The number of nitrogens with zero attached hydrogens (tertiary/aromatic N) is 2.